The Morgan fingerprint density at radius 3 is 2.20 bits per heavy atom. The first kappa shape index (κ1) is 7.46. The van der Waals surface area contributed by atoms with Crippen molar-refractivity contribution < 1.29 is 8.42 Å². The van der Waals surface area contributed by atoms with Crippen LogP contribution in [0.5, 0.6) is 0 Å². The van der Waals surface area contributed by atoms with E-state index in [0.29, 0.717) is 0 Å². The van der Waals surface area contributed by atoms with Crippen molar-refractivity contribution in [3.8, 4) is 0 Å². The summed E-state index contributed by atoms with van der Waals surface area (Å²) in [5, 5.41) is -0.600. The van der Waals surface area contributed by atoms with Crippen LogP contribution in [-0.4, -0.2) is 13.7 Å². The molecule has 0 saturated heterocycles. The Hall–Kier alpha value is -0.650. The summed E-state index contributed by atoms with van der Waals surface area (Å²) in [6.45, 7) is 0. The first-order valence-corrected chi connectivity index (χ1v) is 4.27. The van der Waals surface area contributed by atoms with Crippen LogP contribution in [0, 0.1) is 0 Å². The Kier molecular flexibility index (Phi) is 1.89. The predicted octanol–water partition coefficient (Wildman–Crippen LogP) is -0.726. The van der Waals surface area contributed by atoms with Crippen molar-refractivity contribution in [1.82, 2.24) is 4.83 Å². The Morgan fingerprint density at radius 2 is 1.80 bits per heavy atom. The summed E-state index contributed by atoms with van der Waals surface area (Å²) >= 11 is 0. The van der Waals surface area contributed by atoms with Gasteiger partial charge in [-0.15, -0.1) is 0 Å². The third kappa shape index (κ3) is 1.26. The number of hydrazine groups is 1. The molecule has 0 heterocycles. The van der Waals surface area contributed by atoms with Gasteiger partial charge in [0.05, 0.1) is 0 Å². The molecule has 0 atom stereocenters. The minimum atomic E-state index is -3.34. The average molecular weight is 160 g/mol. The number of rotatable bonds is 2. The second-order valence-corrected chi connectivity index (χ2v) is 3.77. The monoisotopic (exact) mass is 160 g/mol. The molecule has 0 bridgehead atoms. The van der Waals surface area contributed by atoms with Crippen LogP contribution in [0.2, 0.25) is 0 Å². The van der Waals surface area contributed by atoms with E-state index in [2.05, 4.69) is 0 Å². The zero-order valence-electron chi connectivity index (χ0n) is 5.19. The highest BCUT2D eigenvalue weighted by molar-refractivity contribution is 7.90. The first-order valence-electron chi connectivity index (χ1n) is 2.73. The molecule has 0 radical (unpaired) electrons. The van der Waals surface area contributed by atoms with E-state index in [1.807, 2.05) is 0 Å². The van der Waals surface area contributed by atoms with Crippen LogP contribution >= 0.6 is 0 Å². The fourth-order valence-corrected chi connectivity index (χ4v) is 1.45. The van der Waals surface area contributed by atoms with Gasteiger partial charge in [0, 0.05) is 0 Å². The Bertz CT molecular complexity index is 253. The van der Waals surface area contributed by atoms with Crippen LogP contribution in [0.1, 0.15) is 0 Å². The lowest BCUT2D eigenvalue weighted by Crippen LogP contribution is -2.36. The molecule has 3 N–H and O–H groups in total. The molecule has 0 aliphatic heterocycles. The fraction of sp³-hybridized carbons (Fsp3) is 0.200. The van der Waals surface area contributed by atoms with Crippen molar-refractivity contribution in [3.63, 3.8) is 0 Å². The van der Waals surface area contributed by atoms with Crippen LogP contribution < -0.4 is 10.7 Å². The highest BCUT2D eigenvalue weighted by Crippen LogP contribution is 2.07. The minimum Gasteiger partial charge on any atom is -0.258 e. The van der Waals surface area contributed by atoms with Gasteiger partial charge >= 0.3 is 0 Å². The number of hydrogen-bond donors (Lipinski definition) is 2. The molecule has 56 valence electrons. The zero-order valence-corrected chi connectivity index (χ0v) is 6.01. The SMILES string of the molecule is NNS(=O)(=O)C1C=CC=C1. The van der Waals surface area contributed by atoms with E-state index in [0.717, 1.165) is 0 Å². The normalized spacial score (nSPS) is 18.5. The van der Waals surface area contributed by atoms with Crippen molar-refractivity contribution in [2.75, 3.05) is 0 Å². The van der Waals surface area contributed by atoms with Gasteiger partial charge < -0.3 is 0 Å². The molecule has 0 fully saturated rings. The summed E-state index contributed by atoms with van der Waals surface area (Å²) in [7, 11) is -3.34. The highest BCUT2D eigenvalue weighted by atomic mass is 32.2. The predicted molar refractivity (Wildman–Crippen MR) is 38.3 cm³/mol. The maximum Gasteiger partial charge on any atom is 0.234 e. The zero-order chi connectivity index (χ0) is 7.61. The standard InChI is InChI=1S/C5H8N2O2S/c6-7-10(8,9)5-3-1-2-4-5/h1-5,7H,6H2. The van der Waals surface area contributed by atoms with Gasteiger partial charge in [0.25, 0.3) is 0 Å². The van der Waals surface area contributed by atoms with Gasteiger partial charge in [-0.25, -0.2) is 8.42 Å². The van der Waals surface area contributed by atoms with E-state index in [4.69, 9.17) is 5.84 Å². The molecular weight excluding hydrogens is 152 g/mol. The van der Waals surface area contributed by atoms with Gasteiger partial charge in [-0.2, -0.15) is 4.83 Å². The summed E-state index contributed by atoms with van der Waals surface area (Å²) in [5.41, 5.74) is 0. The van der Waals surface area contributed by atoms with E-state index < -0.39 is 15.3 Å². The smallest absolute Gasteiger partial charge is 0.234 e. The lowest BCUT2D eigenvalue weighted by molar-refractivity contribution is 0.582. The van der Waals surface area contributed by atoms with Crippen LogP contribution in [0.25, 0.3) is 0 Å². The quantitative estimate of drug-likeness (QED) is 0.413. The molecule has 1 rings (SSSR count). The molecular formula is C5H8N2O2S. The van der Waals surface area contributed by atoms with Gasteiger partial charge in [0.15, 0.2) is 0 Å². The number of hydrogen-bond acceptors (Lipinski definition) is 3. The molecule has 1 aliphatic carbocycles. The van der Waals surface area contributed by atoms with E-state index in [-0.39, 0.29) is 0 Å². The Balaban J connectivity index is 2.85. The van der Waals surface area contributed by atoms with Crippen molar-refractivity contribution in [2.24, 2.45) is 5.84 Å². The summed E-state index contributed by atoms with van der Waals surface area (Å²) in [6.07, 6.45) is 6.43. The maximum absolute atomic E-state index is 10.9. The van der Waals surface area contributed by atoms with Gasteiger partial charge in [0.1, 0.15) is 5.25 Å². The number of nitrogens with one attached hydrogen (secondary N) is 1. The van der Waals surface area contributed by atoms with E-state index in [9.17, 15) is 8.42 Å². The summed E-state index contributed by atoms with van der Waals surface area (Å²) < 4.78 is 21.7. The van der Waals surface area contributed by atoms with E-state index in [1.54, 1.807) is 29.1 Å². The van der Waals surface area contributed by atoms with E-state index >= 15 is 0 Å². The largest absolute Gasteiger partial charge is 0.258 e. The molecule has 0 aromatic heterocycles. The van der Waals surface area contributed by atoms with E-state index in [1.165, 1.54) is 0 Å². The Labute approximate surface area is 59.4 Å². The maximum atomic E-state index is 10.9. The van der Waals surface area contributed by atoms with Crippen molar-refractivity contribution >= 4 is 10.0 Å². The molecule has 10 heavy (non-hydrogen) atoms. The first-order chi connectivity index (χ1) is 4.67. The van der Waals surface area contributed by atoms with Gasteiger partial charge in [0.2, 0.25) is 10.0 Å². The molecule has 0 amide bonds. The lowest BCUT2D eigenvalue weighted by atomic mass is 10.5. The minimum absolute atomic E-state index is 0.600. The van der Waals surface area contributed by atoms with Crippen molar-refractivity contribution in [2.45, 2.75) is 5.25 Å². The average Bonchev–Trinajstić information content (AvgIpc) is 2.38. The third-order valence-electron chi connectivity index (χ3n) is 1.24. The molecule has 5 heteroatoms. The number of nitrogens with two attached hydrogens (primary N) is 1. The van der Waals surface area contributed by atoms with Crippen molar-refractivity contribution in [1.29, 1.82) is 0 Å². The topological polar surface area (TPSA) is 72.2 Å². The molecule has 4 nitrogen and oxygen atoms in total. The molecule has 1 aliphatic rings. The number of allylic oxidation sites excluding steroid dienone is 2. The van der Waals surface area contributed by atoms with Crippen molar-refractivity contribution in [3.05, 3.63) is 24.3 Å². The lowest BCUT2D eigenvalue weighted by Gasteiger charge is -2.03. The van der Waals surface area contributed by atoms with Gasteiger partial charge in [-0.1, -0.05) is 24.3 Å². The van der Waals surface area contributed by atoms with Gasteiger partial charge in [-0.3, -0.25) is 5.84 Å². The summed E-state index contributed by atoms with van der Waals surface area (Å²) in [4.78, 5) is 1.75. The molecule has 0 unspecified atom stereocenters. The highest BCUT2D eigenvalue weighted by Gasteiger charge is 2.19. The summed E-state index contributed by atoms with van der Waals surface area (Å²) in [5.74, 6) is 4.78. The van der Waals surface area contributed by atoms with Gasteiger partial charge in [-0.05, 0) is 0 Å². The number of sulfonamides is 1. The molecule has 0 aromatic carbocycles. The Morgan fingerprint density at radius 1 is 1.30 bits per heavy atom. The second-order valence-electron chi connectivity index (χ2n) is 1.90. The molecule has 0 aromatic rings. The second kappa shape index (κ2) is 2.53. The third-order valence-corrected chi connectivity index (χ3v) is 2.59. The van der Waals surface area contributed by atoms with Crippen LogP contribution in [0.15, 0.2) is 24.3 Å². The molecule has 0 saturated carbocycles. The summed E-state index contributed by atoms with van der Waals surface area (Å²) in [6, 6.07) is 0. The van der Waals surface area contributed by atoms with Crippen LogP contribution in [-0.2, 0) is 10.0 Å². The molecule has 0 spiro atoms. The van der Waals surface area contributed by atoms with Crippen LogP contribution in [0.3, 0.4) is 0 Å². The fourth-order valence-electron chi connectivity index (χ4n) is 0.697. The van der Waals surface area contributed by atoms with Crippen LogP contribution in [0.4, 0.5) is 0 Å².